The fraction of sp³-hybridized carbons (Fsp3) is 0.133. The lowest BCUT2D eigenvalue weighted by Gasteiger charge is -2.08. The van der Waals surface area contributed by atoms with Gasteiger partial charge in [0.1, 0.15) is 0 Å². The highest BCUT2D eigenvalue weighted by atomic mass is 79.9. The summed E-state index contributed by atoms with van der Waals surface area (Å²) in [7, 11) is 0. The van der Waals surface area contributed by atoms with E-state index >= 15 is 0 Å². The predicted molar refractivity (Wildman–Crippen MR) is 85.9 cm³/mol. The van der Waals surface area contributed by atoms with Gasteiger partial charge in [0, 0.05) is 15.4 Å². The van der Waals surface area contributed by atoms with E-state index in [2.05, 4.69) is 37.2 Å². The Labute approximate surface area is 129 Å². The molecule has 0 aromatic heterocycles. The van der Waals surface area contributed by atoms with E-state index < -0.39 is 0 Å². The number of alkyl halides is 1. The molecule has 0 aliphatic carbocycles. The summed E-state index contributed by atoms with van der Waals surface area (Å²) in [5, 5.41) is 3.70. The number of benzene rings is 2. The van der Waals surface area contributed by atoms with E-state index in [0.717, 1.165) is 26.6 Å². The third kappa shape index (κ3) is 3.67. The van der Waals surface area contributed by atoms with Crippen LogP contribution in [0.2, 0.25) is 0 Å². The van der Waals surface area contributed by atoms with Crippen molar-refractivity contribution in [3.8, 4) is 0 Å². The Balaban J connectivity index is 2.18. The van der Waals surface area contributed by atoms with Gasteiger partial charge in [0.2, 0.25) is 0 Å². The van der Waals surface area contributed by atoms with Gasteiger partial charge in [-0.3, -0.25) is 4.79 Å². The molecule has 2 aromatic rings. The molecule has 98 valence electrons. The number of rotatable bonds is 3. The first-order valence-corrected chi connectivity index (χ1v) is 7.74. The zero-order chi connectivity index (χ0) is 13.8. The molecule has 2 aromatic carbocycles. The zero-order valence-corrected chi connectivity index (χ0v) is 13.6. The van der Waals surface area contributed by atoms with Gasteiger partial charge in [0.05, 0.1) is 5.69 Å². The summed E-state index contributed by atoms with van der Waals surface area (Å²) < 4.78 is 0.878. The summed E-state index contributed by atoms with van der Waals surface area (Å²) in [6.45, 7) is 1.99. The molecule has 0 heterocycles. The number of carbonyl (C=O) groups is 1. The van der Waals surface area contributed by atoms with E-state index in [1.165, 1.54) is 0 Å². The summed E-state index contributed by atoms with van der Waals surface area (Å²) in [5.41, 5.74) is 3.69. The van der Waals surface area contributed by atoms with Gasteiger partial charge in [0.25, 0.3) is 5.91 Å². The molecule has 1 N–H and O–H groups in total. The molecule has 0 fully saturated rings. The minimum Gasteiger partial charge on any atom is -0.321 e. The molecular weight excluding hydrogens is 370 g/mol. The maximum Gasteiger partial charge on any atom is 0.255 e. The van der Waals surface area contributed by atoms with E-state index in [-0.39, 0.29) is 5.91 Å². The number of nitrogens with one attached hydrogen (secondary N) is 1. The van der Waals surface area contributed by atoms with Crippen LogP contribution in [0.4, 0.5) is 5.69 Å². The van der Waals surface area contributed by atoms with E-state index in [1.807, 2.05) is 49.4 Å². The van der Waals surface area contributed by atoms with E-state index in [1.54, 1.807) is 0 Å². The van der Waals surface area contributed by atoms with Crippen LogP contribution in [0.25, 0.3) is 0 Å². The van der Waals surface area contributed by atoms with Gasteiger partial charge in [-0.1, -0.05) is 34.1 Å². The van der Waals surface area contributed by atoms with Gasteiger partial charge in [-0.15, -0.1) is 0 Å². The summed E-state index contributed by atoms with van der Waals surface area (Å²) in [5.74, 6) is -0.104. The van der Waals surface area contributed by atoms with Crippen LogP contribution in [0.3, 0.4) is 0 Å². The quantitative estimate of drug-likeness (QED) is 0.751. The van der Waals surface area contributed by atoms with Crippen LogP contribution in [0, 0.1) is 6.92 Å². The third-order valence-electron chi connectivity index (χ3n) is 2.74. The number of carbonyl (C=O) groups excluding carboxylic acids is 1. The predicted octanol–water partition coefficient (Wildman–Crippen LogP) is 4.90. The van der Waals surface area contributed by atoms with Gasteiger partial charge in [-0.2, -0.15) is 0 Å². The number of halogens is 2. The van der Waals surface area contributed by atoms with Crippen LogP contribution in [0.1, 0.15) is 21.5 Å². The van der Waals surface area contributed by atoms with E-state index in [0.29, 0.717) is 5.56 Å². The van der Waals surface area contributed by atoms with Gasteiger partial charge >= 0.3 is 0 Å². The molecule has 0 saturated heterocycles. The van der Waals surface area contributed by atoms with Crippen LogP contribution >= 0.6 is 31.9 Å². The Morgan fingerprint density at radius 1 is 1.16 bits per heavy atom. The van der Waals surface area contributed by atoms with Crippen LogP contribution in [-0.2, 0) is 5.33 Å². The first kappa shape index (κ1) is 14.3. The molecule has 4 heteroatoms. The fourth-order valence-corrected chi connectivity index (χ4v) is 2.39. The number of hydrogen-bond acceptors (Lipinski definition) is 1. The second-order valence-electron chi connectivity index (χ2n) is 4.27. The third-order valence-corrected chi connectivity index (χ3v) is 4.08. The minimum absolute atomic E-state index is 0.104. The van der Waals surface area contributed by atoms with Crippen LogP contribution in [0.5, 0.6) is 0 Å². The highest BCUT2D eigenvalue weighted by molar-refractivity contribution is 9.10. The van der Waals surface area contributed by atoms with Gasteiger partial charge in [-0.05, 0) is 58.2 Å². The molecule has 0 atom stereocenters. The van der Waals surface area contributed by atoms with E-state index in [9.17, 15) is 4.79 Å². The molecule has 1 amide bonds. The summed E-state index contributed by atoms with van der Waals surface area (Å²) >= 11 is 6.82. The summed E-state index contributed by atoms with van der Waals surface area (Å²) in [6, 6.07) is 13.4. The lowest BCUT2D eigenvalue weighted by atomic mass is 10.1. The van der Waals surface area contributed by atoms with Crippen molar-refractivity contribution < 1.29 is 4.79 Å². The summed E-state index contributed by atoms with van der Waals surface area (Å²) in [4.78, 5) is 12.1. The van der Waals surface area contributed by atoms with Crippen LogP contribution in [0.15, 0.2) is 46.9 Å². The highest BCUT2D eigenvalue weighted by Crippen LogP contribution is 2.24. The Hall–Kier alpha value is -1.13. The minimum atomic E-state index is -0.104. The molecule has 0 saturated carbocycles. The maximum atomic E-state index is 12.1. The Morgan fingerprint density at radius 3 is 2.47 bits per heavy atom. The lowest BCUT2D eigenvalue weighted by molar-refractivity contribution is 0.102. The van der Waals surface area contributed by atoms with E-state index in [4.69, 9.17) is 0 Å². The second kappa shape index (κ2) is 6.35. The van der Waals surface area contributed by atoms with Crippen LogP contribution in [-0.4, -0.2) is 5.91 Å². The molecule has 0 unspecified atom stereocenters. The van der Waals surface area contributed by atoms with Crippen LogP contribution < -0.4 is 5.32 Å². The molecule has 0 aliphatic heterocycles. The number of aryl methyl sites for hydroxylation is 1. The first-order chi connectivity index (χ1) is 9.10. The van der Waals surface area contributed by atoms with Crippen molar-refractivity contribution in [3.63, 3.8) is 0 Å². The maximum absolute atomic E-state index is 12.1. The molecule has 0 radical (unpaired) electrons. The second-order valence-corrected chi connectivity index (χ2v) is 5.68. The topological polar surface area (TPSA) is 29.1 Å². The van der Waals surface area contributed by atoms with Crippen molar-refractivity contribution in [1.29, 1.82) is 0 Å². The monoisotopic (exact) mass is 381 g/mol. The smallest absolute Gasteiger partial charge is 0.255 e. The van der Waals surface area contributed by atoms with Gasteiger partial charge in [-0.25, -0.2) is 0 Å². The first-order valence-electron chi connectivity index (χ1n) is 5.82. The normalized spacial score (nSPS) is 10.3. The average Bonchev–Trinajstić information content (AvgIpc) is 2.43. The van der Waals surface area contributed by atoms with Crippen molar-refractivity contribution in [2.24, 2.45) is 0 Å². The van der Waals surface area contributed by atoms with Gasteiger partial charge in [0.15, 0.2) is 0 Å². The van der Waals surface area contributed by atoms with Crippen molar-refractivity contribution in [3.05, 3.63) is 63.6 Å². The van der Waals surface area contributed by atoms with Crippen molar-refractivity contribution >= 4 is 43.5 Å². The Kier molecular flexibility index (Phi) is 4.77. The largest absolute Gasteiger partial charge is 0.321 e. The molecule has 2 nitrogen and oxygen atoms in total. The summed E-state index contributed by atoms with van der Waals surface area (Å²) in [6.07, 6.45) is 0. The number of amides is 1. The van der Waals surface area contributed by atoms with Crippen molar-refractivity contribution in [2.75, 3.05) is 5.32 Å². The molecule has 2 rings (SSSR count). The molecule has 0 bridgehead atoms. The average molecular weight is 383 g/mol. The fourth-order valence-electron chi connectivity index (χ4n) is 1.67. The highest BCUT2D eigenvalue weighted by Gasteiger charge is 2.08. The lowest BCUT2D eigenvalue weighted by Crippen LogP contribution is -2.12. The number of hydrogen-bond donors (Lipinski definition) is 1. The Bertz CT molecular complexity index is 594. The molecule has 0 spiro atoms. The van der Waals surface area contributed by atoms with Crippen molar-refractivity contribution in [1.82, 2.24) is 0 Å². The molecular formula is C15H13Br2NO. The molecule has 0 aliphatic rings. The van der Waals surface area contributed by atoms with Gasteiger partial charge < -0.3 is 5.32 Å². The standard InChI is InChI=1S/C15H13Br2NO/c1-10-2-7-13(17)14(8-10)18-15(19)12-5-3-11(9-16)4-6-12/h2-8H,9H2,1H3,(H,18,19). The SMILES string of the molecule is Cc1ccc(Br)c(NC(=O)c2ccc(CBr)cc2)c1. The Morgan fingerprint density at radius 2 is 1.84 bits per heavy atom. The zero-order valence-electron chi connectivity index (χ0n) is 10.4. The number of anilines is 1. The molecule has 19 heavy (non-hydrogen) atoms. The van der Waals surface area contributed by atoms with Crippen molar-refractivity contribution in [2.45, 2.75) is 12.3 Å².